The molecule has 0 aromatic rings. The zero-order valence-electron chi connectivity index (χ0n) is 12.2. The fraction of sp³-hybridized carbons (Fsp3) is 0.857. The van der Waals surface area contributed by atoms with Crippen molar-refractivity contribution in [1.29, 1.82) is 0 Å². The molecule has 5 nitrogen and oxygen atoms in total. The number of amides is 1. The zero-order chi connectivity index (χ0) is 14.7. The lowest BCUT2D eigenvalue weighted by atomic mass is 9.96. The third-order valence-electron chi connectivity index (χ3n) is 3.49. The highest BCUT2D eigenvalue weighted by Gasteiger charge is 2.16. The van der Waals surface area contributed by atoms with Crippen molar-refractivity contribution in [2.24, 2.45) is 17.6 Å². The highest BCUT2D eigenvalue weighted by Crippen LogP contribution is 2.14. The summed E-state index contributed by atoms with van der Waals surface area (Å²) in [5, 5.41) is 11.6. The van der Waals surface area contributed by atoms with Gasteiger partial charge in [-0.25, -0.2) is 0 Å². The van der Waals surface area contributed by atoms with Crippen LogP contribution in [0.25, 0.3) is 0 Å². The maximum Gasteiger partial charge on any atom is 0.303 e. The summed E-state index contributed by atoms with van der Waals surface area (Å²) in [4.78, 5) is 22.3. The minimum absolute atomic E-state index is 0.0254. The van der Waals surface area contributed by atoms with Crippen LogP contribution >= 0.6 is 0 Å². The molecule has 0 rings (SSSR count). The monoisotopic (exact) mass is 272 g/mol. The Kier molecular flexibility index (Phi) is 10.2. The summed E-state index contributed by atoms with van der Waals surface area (Å²) in [5.74, 6) is -0.464. The summed E-state index contributed by atoms with van der Waals surface area (Å²) in [6.07, 6.45) is 4.42. The van der Waals surface area contributed by atoms with E-state index in [-0.39, 0.29) is 18.2 Å². The Morgan fingerprint density at radius 2 is 1.89 bits per heavy atom. The molecule has 4 N–H and O–H groups in total. The molecule has 5 heteroatoms. The van der Waals surface area contributed by atoms with Crippen LogP contribution in [0.3, 0.4) is 0 Å². The fourth-order valence-corrected chi connectivity index (χ4v) is 2.13. The molecule has 19 heavy (non-hydrogen) atoms. The molecular formula is C14H28N2O3. The Balaban J connectivity index is 3.91. The number of aliphatic carboxylic acids is 1. The van der Waals surface area contributed by atoms with Crippen molar-refractivity contribution in [2.75, 3.05) is 13.1 Å². The van der Waals surface area contributed by atoms with Gasteiger partial charge in [0.1, 0.15) is 0 Å². The van der Waals surface area contributed by atoms with E-state index >= 15 is 0 Å². The number of carboxylic acids is 1. The summed E-state index contributed by atoms with van der Waals surface area (Å²) in [5.41, 5.74) is 5.57. The molecule has 0 saturated heterocycles. The van der Waals surface area contributed by atoms with Gasteiger partial charge in [0.05, 0.1) is 5.92 Å². The highest BCUT2D eigenvalue weighted by molar-refractivity contribution is 5.78. The van der Waals surface area contributed by atoms with Crippen LogP contribution in [0.4, 0.5) is 0 Å². The van der Waals surface area contributed by atoms with E-state index < -0.39 is 5.97 Å². The van der Waals surface area contributed by atoms with Crippen LogP contribution in [-0.2, 0) is 9.59 Å². The first-order valence-electron chi connectivity index (χ1n) is 7.24. The van der Waals surface area contributed by atoms with Crippen LogP contribution in [0.2, 0.25) is 0 Å². The molecule has 1 amide bonds. The molecule has 0 bridgehead atoms. The van der Waals surface area contributed by atoms with Crippen LogP contribution in [0.15, 0.2) is 0 Å². The standard InChI is InChI=1S/C14H28N2O3/c1-3-5-12(10-15)14(19)16-9-8-11(4-2)6-7-13(17)18/h11-12H,3-10,15H2,1-2H3,(H,16,19)(H,17,18). The summed E-state index contributed by atoms with van der Waals surface area (Å²) in [6.45, 7) is 5.08. The van der Waals surface area contributed by atoms with Crippen LogP contribution < -0.4 is 11.1 Å². The maximum atomic E-state index is 11.8. The van der Waals surface area contributed by atoms with E-state index in [2.05, 4.69) is 5.32 Å². The van der Waals surface area contributed by atoms with Crippen molar-refractivity contribution in [2.45, 2.75) is 52.4 Å². The first-order chi connectivity index (χ1) is 9.04. The molecule has 112 valence electrons. The second kappa shape index (κ2) is 10.8. The lowest BCUT2D eigenvalue weighted by Gasteiger charge is -2.17. The molecule has 0 spiro atoms. The second-order valence-electron chi connectivity index (χ2n) is 5.01. The number of hydrogen-bond donors (Lipinski definition) is 3. The normalized spacial score (nSPS) is 13.8. The second-order valence-corrected chi connectivity index (χ2v) is 5.01. The van der Waals surface area contributed by atoms with Gasteiger partial charge in [0, 0.05) is 19.5 Å². The first kappa shape index (κ1) is 17.9. The largest absolute Gasteiger partial charge is 0.481 e. The van der Waals surface area contributed by atoms with Gasteiger partial charge in [0.25, 0.3) is 0 Å². The highest BCUT2D eigenvalue weighted by atomic mass is 16.4. The Morgan fingerprint density at radius 3 is 2.37 bits per heavy atom. The number of nitrogens with two attached hydrogens (primary N) is 1. The van der Waals surface area contributed by atoms with Crippen molar-refractivity contribution < 1.29 is 14.7 Å². The average molecular weight is 272 g/mol. The van der Waals surface area contributed by atoms with E-state index in [1.165, 1.54) is 0 Å². The molecule has 0 aliphatic rings. The maximum absolute atomic E-state index is 11.8. The Hall–Kier alpha value is -1.10. The quantitative estimate of drug-likeness (QED) is 0.534. The van der Waals surface area contributed by atoms with E-state index in [0.29, 0.717) is 25.4 Å². The van der Waals surface area contributed by atoms with Gasteiger partial charge in [0.2, 0.25) is 5.91 Å². The minimum atomic E-state index is -0.756. The molecule has 2 unspecified atom stereocenters. The van der Waals surface area contributed by atoms with Gasteiger partial charge in [-0.1, -0.05) is 26.7 Å². The lowest BCUT2D eigenvalue weighted by Crippen LogP contribution is -2.36. The van der Waals surface area contributed by atoms with Gasteiger partial charge < -0.3 is 16.2 Å². The summed E-state index contributed by atoms with van der Waals surface area (Å²) in [6, 6.07) is 0. The van der Waals surface area contributed by atoms with E-state index in [1.54, 1.807) is 0 Å². The van der Waals surface area contributed by atoms with E-state index in [1.807, 2.05) is 13.8 Å². The zero-order valence-corrected chi connectivity index (χ0v) is 12.2. The SMILES string of the molecule is CCCC(CN)C(=O)NCCC(CC)CCC(=O)O. The van der Waals surface area contributed by atoms with Crippen LogP contribution in [-0.4, -0.2) is 30.1 Å². The van der Waals surface area contributed by atoms with Crippen LogP contribution in [0.5, 0.6) is 0 Å². The van der Waals surface area contributed by atoms with Gasteiger partial charge in [0.15, 0.2) is 0 Å². The van der Waals surface area contributed by atoms with Gasteiger partial charge in [-0.15, -0.1) is 0 Å². The molecule has 0 aliphatic carbocycles. The van der Waals surface area contributed by atoms with E-state index in [9.17, 15) is 9.59 Å². The molecule has 0 aromatic carbocycles. The molecule has 0 fully saturated rings. The molecule has 0 aliphatic heterocycles. The van der Waals surface area contributed by atoms with Gasteiger partial charge in [-0.3, -0.25) is 9.59 Å². The molecule has 0 radical (unpaired) electrons. The van der Waals surface area contributed by atoms with Gasteiger partial charge in [-0.2, -0.15) is 0 Å². The number of rotatable bonds is 11. The minimum Gasteiger partial charge on any atom is -0.481 e. The van der Waals surface area contributed by atoms with Crippen LogP contribution in [0.1, 0.15) is 52.4 Å². The fourth-order valence-electron chi connectivity index (χ4n) is 2.13. The summed E-state index contributed by atoms with van der Waals surface area (Å²) >= 11 is 0. The average Bonchev–Trinajstić information content (AvgIpc) is 2.39. The predicted molar refractivity (Wildman–Crippen MR) is 75.7 cm³/mol. The van der Waals surface area contributed by atoms with Crippen molar-refractivity contribution in [3.05, 3.63) is 0 Å². The Bertz CT molecular complexity index is 269. The first-order valence-corrected chi connectivity index (χ1v) is 7.24. The number of hydrogen-bond acceptors (Lipinski definition) is 3. The molecule has 2 atom stereocenters. The van der Waals surface area contributed by atoms with Gasteiger partial charge in [-0.05, 0) is 25.2 Å². The predicted octanol–water partition coefficient (Wildman–Crippen LogP) is 1.76. The van der Waals surface area contributed by atoms with Gasteiger partial charge >= 0.3 is 5.97 Å². The number of carbonyl (C=O) groups excluding carboxylic acids is 1. The molecule has 0 saturated carbocycles. The van der Waals surface area contributed by atoms with Crippen molar-refractivity contribution in [3.8, 4) is 0 Å². The summed E-state index contributed by atoms with van der Waals surface area (Å²) < 4.78 is 0. The molecule has 0 heterocycles. The summed E-state index contributed by atoms with van der Waals surface area (Å²) in [7, 11) is 0. The van der Waals surface area contributed by atoms with Crippen LogP contribution in [0, 0.1) is 11.8 Å². The third-order valence-corrected chi connectivity index (χ3v) is 3.49. The number of carboxylic acid groups (broad SMARTS) is 1. The third kappa shape index (κ3) is 8.59. The molecule has 0 aromatic heterocycles. The van der Waals surface area contributed by atoms with E-state index in [4.69, 9.17) is 10.8 Å². The van der Waals surface area contributed by atoms with Crippen molar-refractivity contribution >= 4 is 11.9 Å². The number of nitrogens with one attached hydrogen (secondary N) is 1. The molecular weight excluding hydrogens is 244 g/mol. The topological polar surface area (TPSA) is 92.4 Å². The number of carbonyl (C=O) groups is 2. The Labute approximate surface area is 115 Å². The van der Waals surface area contributed by atoms with Crippen molar-refractivity contribution in [3.63, 3.8) is 0 Å². The Morgan fingerprint density at radius 1 is 1.21 bits per heavy atom. The smallest absolute Gasteiger partial charge is 0.303 e. The van der Waals surface area contributed by atoms with E-state index in [0.717, 1.165) is 25.7 Å². The lowest BCUT2D eigenvalue weighted by molar-refractivity contribution is -0.137. The van der Waals surface area contributed by atoms with Crippen molar-refractivity contribution in [1.82, 2.24) is 5.32 Å².